The fourth-order valence-corrected chi connectivity index (χ4v) is 3.64. The van der Waals surface area contributed by atoms with Crippen molar-refractivity contribution >= 4 is 33.2 Å². The van der Waals surface area contributed by atoms with Gasteiger partial charge in [-0.1, -0.05) is 24.9 Å². The van der Waals surface area contributed by atoms with E-state index in [0.29, 0.717) is 6.42 Å². The SMILES string of the molecule is CCCCN(CC(N)=O)S(=O)(=O)c1cc(N)c(F)cc1Cl. The molecule has 0 fully saturated rings. The Morgan fingerprint density at radius 1 is 1.43 bits per heavy atom. The lowest BCUT2D eigenvalue weighted by atomic mass is 10.3. The second kappa shape index (κ2) is 7.06. The first-order chi connectivity index (χ1) is 9.70. The molecule has 1 amide bonds. The zero-order valence-electron chi connectivity index (χ0n) is 11.5. The summed E-state index contributed by atoms with van der Waals surface area (Å²) in [6.07, 6.45) is 1.27. The van der Waals surface area contributed by atoms with Crippen molar-refractivity contribution in [1.29, 1.82) is 0 Å². The summed E-state index contributed by atoms with van der Waals surface area (Å²) in [7, 11) is -4.08. The number of nitrogens with zero attached hydrogens (tertiary/aromatic N) is 1. The number of amides is 1. The first-order valence-corrected chi connectivity index (χ1v) is 8.05. The van der Waals surface area contributed by atoms with E-state index in [2.05, 4.69) is 0 Å². The molecular formula is C12H17ClFN3O3S. The van der Waals surface area contributed by atoms with Crippen LogP contribution in [0.3, 0.4) is 0 Å². The second-order valence-corrected chi connectivity index (χ2v) is 6.78. The highest BCUT2D eigenvalue weighted by molar-refractivity contribution is 7.89. The van der Waals surface area contributed by atoms with Crippen molar-refractivity contribution in [3.05, 3.63) is 23.0 Å². The van der Waals surface area contributed by atoms with Crippen LogP contribution in [-0.4, -0.2) is 31.7 Å². The van der Waals surface area contributed by atoms with Gasteiger partial charge in [0, 0.05) is 6.54 Å². The Morgan fingerprint density at radius 3 is 2.57 bits per heavy atom. The Balaban J connectivity index is 3.27. The lowest BCUT2D eigenvalue weighted by molar-refractivity contribution is -0.118. The highest BCUT2D eigenvalue weighted by Crippen LogP contribution is 2.28. The van der Waals surface area contributed by atoms with Crippen molar-refractivity contribution in [2.75, 3.05) is 18.8 Å². The zero-order valence-corrected chi connectivity index (χ0v) is 13.0. The fourth-order valence-electron chi connectivity index (χ4n) is 1.67. The van der Waals surface area contributed by atoms with E-state index in [1.165, 1.54) is 0 Å². The standard InChI is InChI=1S/C12H17ClFN3O3S/c1-2-3-4-17(7-12(16)18)21(19,20)11-6-10(15)9(14)5-8(11)13/h5-6H,2-4,7,15H2,1H3,(H2,16,18). The van der Waals surface area contributed by atoms with E-state index in [4.69, 9.17) is 23.1 Å². The third kappa shape index (κ3) is 4.29. The normalized spacial score (nSPS) is 11.8. The molecule has 1 aromatic carbocycles. The quantitative estimate of drug-likeness (QED) is 0.732. The van der Waals surface area contributed by atoms with E-state index in [-0.39, 0.29) is 22.2 Å². The Hall–Kier alpha value is -1.38. The summed E-state index contributed by atoms with van der Waals surface area (Å²) in [6, 6.07) is 1.76. The molecule has 0 saturated heterocycles. The summed E-state index contributed by atoms with van der Waals surface area (Å²) >= 11 is 5.78. The number of carbonyl (C=O) groups excluding carboxylic acids is 1. The first kappa shape index (κ1) is 17.7. The number of nitrogen functional groups attached to an aromatic ring is 1. The van der Waals surface area contributed by atoms with Crippen molar-refractivity contribution in [3.8, 4) is 0 Å². The third-order valence-corrected chi connectivity index (χ3v) is 5.07. The van der Waals surface area contributed by atoms with Gasteiger partial charge in [-0.3, -0.25) is 4.79 Å². The van der Waals surface area contributed by atoms with Crippen LogP contribution in [0, 0.1) is 5.82 Å². The van der Waals surface area contributed by atoms with Gasteiger partial charge < -0.3 is 11.5 Å². The zero-order chi connectivity index (χ0) is 16.2. The van der Waals surface area contributed by atoms with Gasteiger partial charge in [0.25, 0.3) is 0 Å². The van der Waals surface area contributed by atoms with Crippen LogP contribution in [0.25, 0.3) is 0 Å². The highest BCUT2D eigenvalue weighted by atomic mass is 35.5. The molecule has 1 aromatic rings. The maximum Gasteiger partial charge on any atom is 0.245 e. The van der Waals surface area contributed by atoms with Gasteiger partial charge in [0.2, 0.25) is 15.9 Å². The molecule has 0 aliphatic heterocycles. The van der Waals surface area contributed by atoms with Gasteiger partial charge in [0.05, 0.1) is 17.3 Å². The molecule has 0 unspecified atom stereocenters. The lowest BCUT2D eigenvalue weighted by Crippen LogP contribution is -2.39. The number of unbranched alkanes of at least 4 members (excludes halogenated alkanes) is 1. The first-order valence-electron chi connectivity index (χ1n) is 6.23. The van der Waals surface area contributed by atoms with E-state index in [0.717, 1.165) is 22.9 Å². The summed E-state index contributed by atoms with van der Waals surface area (Å²) in [5.74, 6) is -1.60. The van der Waals surface area contributed by atoms with Crippen molar-refractivity contribution in [1.82, 2.24) is 4.31 Å². The van der Waals surface area contributed by atoms with E-state index in [9.17, 15) is 17.6 Å². The van der Waals surface area contributed by atoms with Crippen molar-refractivity contribution < 1.29 is 17.6 Å². The second-order valence-electron chi connectivity index (χ2n) is 4.46. The van der Waals surface area contributed by atoms with Crippen LogP contribution in [0.2, 0.25) is 5.02 Å². The largest absolute Gasteiger partial charge is 0.396 e. The van der Waals surface area contributed by atoms with Crippen LogP contribution in [0.5, 0.6) is 0 Å². The van der Waals surface area contributed by atoms with Gasteiger partial charge in [-0.25, -0.2) is 12.8 Å². The van der Waals surface area contributed by atoms with Crippen molar-refractivity contribution in [2.45, 2.75) is 24.7 Å². The van der Waals surface area contributed by atoms with Crippen LogP contribution in [0.1, 0.15) is 19.8 Å². The highest BCUT2D eigenvalue weighted by Gasteiger charge is 2.28. The van der Waals surface area contributed by atoms with Gasteiger partial charge in [-0.15, -0.1) is 0 Å². The number of nitrogens with two attached hydrogens (primary N) is 2. The van der Waals surface area contributed by atoms with E-state index in [1.807, 2.05) is 6.92 Å². The van der Waals surface area contributed by atoms with Crippen LogP contribution < -0.4 is 11.5 Å². The van der Waals surface area contributed by atoms with Crippen LogP contribution in [0.15, 0.2) is 17.0 Å². The minimum atomic E-state index is -4.08. The molecule has 1 rings (SSSR count). The van der Waals surface area contributed by atoms with Crippen LogP contribution >= 0.6 is 11.6 Å². The minimum Gasteiger partial charge on any atom is -0.396 e. The molecule has 0 aromatic heterocycles. The summed E-state index contributed by atoms with van der Waals surface area (Å²) in [5, 5.41) is -0.298. The van der Waals surface area contributed by atoms with E-state index < -0.39 is 28.3 Å². The molecule has 4 N–H and O–H groups in total. The van der Waals surface area contributed by atoms with Crippen molar-refractivity contribution in [2.24, 2.45) is 5.73 Å². The lowest BCUT2D eigenvalue weighted by Gasteiger charge is -2.21. The van der Waals surface area contributed by atoms with Gasteiger partial charge in [0.1, 0.15) is 10.7 Å². The average Bonchev–Trinajstić information content (AvgIpc) is 2.38. The maximum absolute atomic E-state index is 13.3. The number of primary amides is 1. The number of hydrogen-bond donors (Lipinski definition) is 2. The average molecular weight is 338 g/mol. The number of halogens is 2. The molecule has 0 radical (unpaired) electrons. The molecule has 0 atom stereocenters. The number of benzene rings is 1. The minimum absolute atomic E-state index is 0.107. The topological polar surface area (TPSA) is 106 Å². The Bertz CT molecular complexity index is 637. The number of rotatable bonds is 7. The molecule has 6 nitrogen and oxygen atoms in total. The van der Waals surface area contributed by atoms with Gasteiger partial charge in [-0.05, 0) is 18.6 Å². The summed E-state index contributed by atoms with van der Waals surface area (Å²) in [4.78, 5) is 10.7. The Morgan fingerprint density at radius 2 is 2.05 bits per heavy atom. The third-order valence-electron chi connectivity index (χ3n) is 2.76. The molecule has 0 aliphatic rings. The van der Waals surface area contributed by atoms with Crippen LogP contribution in [-0.2, 0) is 14.8 Å². The molecule has 118 valence electrons. The molecule has 0 bridgehead atoms. The summed E-state index contributed by atoms with van der Waals surface area (Å²) in [5.41, 5.74) is 10.1. The van der Waals surface area contributed by atoms with E-state index >= 15 is 0 Å². The molecule has 0 saturated carbocycles. The Labute approximate surface area is 127 Å². The molecule has 21 heavy (non-hydrogen) atoms. The summed E-state index contributed by atoms with van der Waals surface area (Å²) < 4.78 is 39.2. The molecule has 0 heterocycles. The van der Waals surface area contributed by atoms with E-state index in [1.54, 1.807) is 0 Å². The Kier molecular flexibility index (Phi) is 5.94. The van der Waals surface area contributed by atoms with Gasteiger partial charge >= 0.3 is 0 Å². The monoisotopic (exact) mass is 337 g/mol. The smallest absolute Gasteiger partial charge is 0.245 e. The van der Waals surface area contributed by atoms with Gasteiger partial charge in [0.15, 0.2) is 0 Å². The molecular weight excluding hydrogens is 321 g/mol. The van der Waals surface area contributed by atoms with Crippen LogP contribution in [0.4, 0.5) is 10.1 Å². The molecule has 0 spiro atoms. The molecule has 9 heteroatoms. The number of anilines is 1. The number of carbonyl (C=O) groups is 1. The maximum atomic E-state index is 13.3. The summed E-state index contributed by atoms with van der Waals surface area (Å²) in [6.45, 7) is 1.50. The number of hydrogen-bond acceptors (Lipinski definition) is 4. The van der Waals surface area contributed by atoms with Gasteiger partial charge in [-0.2, -0.15) is 4.31 Å². The predicted octanol–water partition coefficient (Wildman–Crippen LogP) is 1.34. The molecule has 0 aliphatic carbocycles. The predicted molar refractivity (Wildman–Crippen MR) is 78.7 cm³/mol. The fraction of sp³-hybridized carbons (Fsp3) is 0.417. The van der Waals surface area contributed by atoms with Crippen molar-refractivity contribution in [3.63, 3.8) is 0 Å². The number of sulfonamides is 1.